The lowest BCUT2D eigenvalue weighted by atomic mass is 10.2. The Morgan fingerprint density at radius 3 is 2.60 bits per heavy atom. The number of thiophene rings is 2. The van der Waals surface area contributed by atoms with Crippen LogP contribution < -0.4 is 10.0 Å². The normalized spacial score (nSPS) is 11.7. The summed E-state index contributed by atoms with van der Waals surface area (Å²) < 4.78 is 30.2. The second kappa shape index (κ2) is 8.11. The highest BCUT2D eigenvalue weighted by Gasteiger charge is 2.18. The van der Waals surface area contributed by atoms with Crippen molar-refractivity contribution in [1.82, 2.24) is 10.0 Å². The number of hydrogen-bond donors (Lipinski definition) is 2. The second-order valence-electron chi connectivity index (χ2n) is 6.31. The number of nitro benzene ring substituents is 1. The van der Waals surface area contributed by atoms with Crippen LogP contribution in [0.5, 0.6) is 0 Å². The lowest BCUT2D eigenvalue weighted by molar-refractivity contribution is -0.385. The number of non-ortho nitro benzene ring substituents is 1. The van der Waals surface area contributed by atoms with Crippen molar-refractivity contribution in [2.75, 3.05) is 13.1 Å². The summed E-state index contributed by atoms with van der Waals surface area (Å²) >= 11 is 3.03. The number of nitro groups is 1. The van der Waals surface area contributed by atoms with Crippen LogP contribution in [0.4, 0.5) is 5.69 Å². The van der Waals surface area contributed by atoms with E-state index >= 15 is 0 Å². The van der Waals surface area contributed by atoms with Gasteiger partial charge in [-0.15, -0.1) is 22.7 Å². The first-order valence-corrected chi connectivity index (χ1v) is 11.9. The molecule has 4 rings (SSSR count). The molecular weight excluding hydrogens is 446 g/mol. The molecule has 2 heterocycles. The van der Waals surface area contributed by atoms with Crippen molar-refractivity contribution >= 4 is 63.8 Å². The minimum absolute atomic E-state index is 0.0422. The Labute approximate surface area is 179 Å². The molecule has 1 amide bonds. The van der Waals surface area contributed by atoms with Gasteiger partial charge in [-0.1, -0.05) is 24.3 Å². The number of amides is 1. The quantitative estimate of drug-likeness (QED) is 0.247. The van der Waals surface area contributed by atoms with Crippen LogP contribution in [0.15, 0.2) is 59.5 Å². The van der Waals surface area contributed by atoms with Crippen molar-refractivity contribution in [3.05, 3.63) is 69.6 Å². The van der Waals surface area contributed by atoms with Crippen LogP contribution in [0.2, 0.25) is 0 Å². The zero-order valence-electron chi connectivity index (χ0n) is 15.3. The van der Waals surface area contributed by atoms with Gasteiger partial charge in [0, 0.05) is 40.0 Å². The Bertz CT molecular complexity index is 1370. The summed E-state index contributed by atoms with van der Waals surface area (Å²) in [6.45, 7) is 0.0404. The van der Waals surface area contributed by atoms with Crippen molar-refractivity contribution in [1.29, 1.82) is 0 Å². The van der Waals surface area contributed by atoms with Crippen LogP contribution in [0.1, 0.15) is 9.67 Å². The van der Waals surface area contributed by atoms with Crippen molar-refractivity contribution in [2.24, 2.45) is 0 Å². The molecule has 0 aliphatic rings. The van der Waals surface area contributed by atoms with Gasteiger partial charge in [-0.3, -0.25) is 14.9 Å². The van der Waals surface area contributed by atoms with Gasteiger partial charge in [0.15, 0.2) is 0 Å². The molecule has 0 unspecified atom stereocenters. The number of carbonyl (C=O) groups excluding carboxylic acids is 1. The van der Waals surface area contributed by atoms with Crippen molar-refractivity contribution < 1.29 is 18.1 Å². The first-order valence-electron chi connectivity index (χ1n) is 8.78. The monoisotopic (exact) mass is 461 g/mol. The third-order valence-electron chi connectivity index (χ3n) is 4.31. The maximum atomic E-state index is 12.4. The fourth-order valence-electron chi connectivity index (χ4n) is 2.91. The average Bonchev–Trinajstić information content (AvgIpc) is 3.29. The first-order chi connectivity index (χ1) is 14.3. The van der Waals surface area contributed by atoms with Crippen LogP contribution in [0.3, 0.4) is 0 Å². The summed E-state index contributed by atoms with van der Waals surface area (Å²) in [6.07, 6.45) is 0. The topological polar surface area (TPSA) is 118 Å². The molecule has 0 aliphatic carbocycles. The Morgan fingerprint density at radius 1 is 1.00 bits per heavy atom. The molecule has 0 saturated carbocycles. The van der Waals surface area contributed by atoms with Gasteiger partial charge >= 0.3 is 0 Å². The van der Waals surface area contributed by atoms with E-state index in [0.717, 1.165) is 20.9 Å². The summed E-state index contributed by atoms with van der Waals surface area (Å²) in [5.74, 6) is -0.276. The summed E-state index contributed by atoms with van der Waals surface area (Å²) in [5, 5.41) is 14.6. The van der Waals surface area contributed by atoms with Crippen molar-refractivity contribution in [2.45, 2.75) is 4.90 Å². The van der Waals surface area contributed by atoms with E-state index in [2.05, 4.69) is 10.0 Å². The van der Waals surface area contributed by atoms with E-state index in [9.17, 15) is 23.3 Å². The lowest BCUT2D eigenvalue weighted by Crippen LogP contribution is -2.34. The van der Waals surface area contributed by atoms with Crippen LogP contribution in [0, 0.1) is 10.1 Å². The predicted octanol–water partition coefficient (Wildman–Crippen LogP) is 3.73. The Kier molecular flexibility index (Phi) is 5.52. The highest BCUT2D eigenvalue weighted by molar-refractivity contribution is 7.89. The van der Waals surface area contributed by atoms with E-state index in [4.69, 9.17) is 0 Å². The number of nitrogens with one attached hydrogen (secondary N) is 2. The number of rotatable bonds is 7. The van der Waals surface area contributed by atoms with E-state index in [1.807, 2.05) is 30.3 Å². The average molecular weight is 462 g/mol. The van der Waals surface area contributed by atoms with E-state index in [1.54, 1.807) is 11.3 Å². The van der Waals surface area contributed by atoms with Gasteiger partial charge < -0.3 is 5.32 Å². The number of hydrogen-bond acceptors (Lipinski definition) is 7. The molecule has 2 aromatic heterocycles. The smallest absolute Gasteiger partial charge is 0.270 e. The molecule has 30 heavy (non-hydrogen) atoms. The number of benzene rings is 2. The maximum absolute atomic E-state index is 12.4. The molecule has 11 heteroatoms. The Morgan fingerprint density at radius 2 is 1.80 bits per heavy atom. The van der Waals surface area contributed by atoms with E-state index in [1.165, 1.54) is 34.2 Å². The minimum Gasteiger partial charge on any atom is -0.350 e. The second-order valence-corrected chi connectivity index (χ2v) is 10.2. The summed E-state index contributed by atoms with van der Waals surface area (Å²) in [4.78, 5) is 22.9. The lowest BCUT2D eigenvalue weighted by Gasteiger charge is -2.07. The number of carbonyl (C=O) groups is 1. The molecule has 0 aliphatic heterocycles. The molecule has 0 spiro atoms. The van der Waals surface area contributed by atoms with E-state index in [0.29, 0.717) is 4.88 Å². The van der Waals surface area contributed by atoms with Crippen molar-refractivity contribution in [3.63, 3.8) is 0 Å². The van der Waals surface area contributed by atoms with Gasteiger partial charge in [0.25, 0.3) is 11.6 Å². The molecule has 2 aromatic carbocycles. The van der Waals surface area contributed by atoms with Gasteiger partial charge in [0.05, 0.1) is 19.4 Å². The number of sulfonamides is 1. The highest BCUT2D eigenvalue weighted by Crippen LogP contribution is 2.39. The van der Waals surface area contributed by atoms with Crippen LogP contribution in [0.25, 0.3) is 19.5 Å². The van der Waals surface area contributed by atoms with E-state index < -0.39 is 14.9 Å². The first kappa shape index (κ1) is 20.4. The highest BCUT2D eigenvalue weighted by atomic mass is 32.2. The predicted molar refractivity (Wildman–Crippen MR) is 118 cm³/mol. The number of nitrogens with zero attached hydrogens (tertiary/aromatic N) is 1. The molecule has 154 valence electrons. The summed E-state index contributed by atoms with van der Waals surface area (Å²) in [7, 11) is -3.92. The zero-order valence-corrected chi connectivity index (χ0v) is 17.8. The maximum Gasteiger partial charge on any atom is 0.270 e. The van der Waals surface area contributed by atoms with Gasteiger partial charge in [-0.2, -0.15) is 0 Å². The molecule has 0 radical (unpaired) electrons. The molecule has 8 nitrogen and oxygen atoms in total. The van der Waals surface area contributed by atoms with Gasteiger partial charge in [-0.25, -0.2) is 13.1 Å². The number of fused-ring (bicyclic) bond motifs is 3. The largest absolute Gasteiger partial charge is 0.350 e. The summed E-state index contributed by atoms with van der Waals surface area (Å²) in [5.41, 5.74) is -0.309. The molecule has 2 N–H and O–H groups in total. The Balaban J connectivity index is 1.37. The third kappa shape index (κ3) is 4.05. The molecule has 0 saturated heterocycles. The minimum atomic E-state index is -3.92. The van der Waals surface area contributed by atoms with E-state index in [-0.39, 0.29) is 29.6 Å². The zero-order chi connectivity index (χ0) is 21.3. The third-order valence-corrected chi connectivity index (χ3v) is 8.19. The summed E-state index contributed by atoms with van der Waals surface area (Å²) in [6, 6.07) is 14.6. The van der Waals surface area contributed by atoms with Crippen LogP contribution in [-0.4, -0.2) is 32.3 Å². The molecular formula is C19H15N3O5S3. The molecule has 0 atom stereocenters. The molecule has 4 aromatic rings. The van der Waals surface area contributed by atoms with Gasteiger partial charge in [0.2, 0.25) is 10.0 Å². The van der Waals surface area contributed by atoms with Crippen molar-refractivity contribution in [3.8, 4) is 0 Å². The Hall–Kier alpha value is -2.86. The van der Waals surface area contributed by atoms with Crippen LogP contribution >= 0.6 is 22.7 Å². The fraction of sp³-hybridized carbons (Fsp3) is 0.105. The fourth-order valence-corrected chi connectivity index (χ4v) is 6.42. The van der Waals surface area contributed by atoms with Gasteiger partial charge in [0.1, 0.15) is 0 Å². The van der Waals surface area contributed by atoms with Gasteiger partial charge in [-0.05, 0) is 18.2 Å². The van der Waals surface area contributed by atoms with Crippen LogP contribution in [-0.2, 0) is 10.0 Å². The SMILES string of the molecule is O=C(NCCNS(=O)(=O)c1cccc([N+](=O)[O-])c1)c1cc2sc3ccccc3c2s1. The standard InChI is InChI=1S/C19H15N3O5S3/c23-19(17-11-16-18(29-17)14-6-1-2-7-15(14)28-16)20-8-9-21-30(26,27)13-5-3-4-12(10-13)22(24)25/h1-7,10-11,21H,8-9H2,(H,20,23). The molecule has 0 fully saturated rings. The molecule has 0 bridgehead atoms.